The van der Waals surface area contributed by atoms with Crippen LogP contribution in [0.4, 0.5) is 4.39 Å². The summed E-state index contributed by atoms with van der Waals surface area (Å²) in [5.41, 5.74) is 0. The lowest BCUT2D eigenvalue weighted by Crippen LogP contribution is -2.63. The van der Waals surface area contributed by atoms with Crippen molar-refractivity contribution in [2.75, 3.05) is 13.2 Å². The molecule has 2 heterocycles. The topological polar surface area (TPSA) is 169 Å². The third kappa shape index (κ3) is 3.64. The minimum atomic E-state index is -2.22. The maximum atomic E-state index is 14.0. The zero-order valence-electron chi connectivity index (χ0n) is 11.9. The highest BCUT2D eigenvalue weighted by molar-refractivity contribution is 4.92. The zero-order chi connectivity index (χ0) is 17.3. The number of ether oxygens (including phenoxy) is 3. The van der Waals surface area contributed by atoms with Gasteiger partial charge in [0.15, 0.2) is 18.8 Å². The van der Waals surface area contributed by atoms with Crippen molar-refractivity contribution in [2.24, 2.45) is 0 Å². The maximum Gasteiger partial charge on any atom is 0.195 e. The molecule has 2 aliphatic heterocycles. The average Bonchev–Trinajstić information content (AvgIpc) is 2.55. The minimum absolute atomic E-state index is 0.698. The summed E-state index contributed by atoms with van der Waals surface area (Å²) < 4.78 is 29.0. The molecule has 7 N–H and O–H groups in total. The molecule has 2 aliphatic rings. The van der Waals surface area contributed by atoms with Crippen molar-refractivity contribution in [3.63, 3.8) is 0 Å². The Morgan fingerprint density at radius 1 is 0.696 bits per heavy atom. The second-order valence-corrected chi connectivity index (χ2v) is 5.48. The number of hydrogen-bond donors (Lipinski definition) is 7. The highest BCUT2D eigenvalue weighted by atomic mass is 19.1. The SMILES string of the molecule is OCC1O[C@H](O[C@H]2O[C@H](CO)[C@@H](O)C(O)C2O)C(F)[C@@H](O)[C@@H]1O. The zero-order valence-corrected chi connectivity index (χ0v) is 11.9. The van der Waals surface area contributed by atoms with Gasteiger partial charge in [-0.15, -0.1) is 0 Å². The first-order valence-corrected chi connectivity index (χ1v) is 7.04. The lowest BCUT2D eigenvalue weighted by molar-refractivity contribution is -0.370. The summed E-state index contributed by atoms with van der Waals surface area (Å²) in [6.45, 7) is -1.42. The predicted molar refractivity (Wildman–Crippen MR) is 67.5 cm³/mol. The molecule has 0 saturated carbocycles. The normalized spacial score (nSPS) is 51.7. The minimum Gasteiger partial charge on any atom is -0.394 e. The quantitative estimate of drug-likeness (QED) is 0.264. The monoisotopic (exact) mass is 344 g/mol. The van der Waals surface area contributed by atoms with E-state index in [1.807, 2.05) is 0 Å². The van der Waals surface area contributed by atoms with Crippen molar-refractivity contribution in [1.29, 1.82) is 0 Å². The van der Waals surface area contributed by atoms with Crippen LogP contribution in [-0.4, -0.2) is 110 Å². The fraction of sp³-hybridized carbons (Fsp3) is 1.00. The molecule has 4 unspecified atom stereocenters. The molecule has 10 atom stereocenters. The molecule has 23 heavy (non-hydrogen) atoms. The van der Waals surface area contributed by atoms with Gasteiger partial charge >= 0.3 is 0 Å². The Bertz CT molecular complexity index is 349. The van der Waals surface area contributed by atoms with Crippen LogP contribution in [-0.2, 0) is 14.2 Å². The number of alkyl halides is 1. The van der Waals surface area contributed by atoms with Gasteiger partial charge in [-0.2, -0.15) is 0 Å². The van der Waals surface area contributed by atoms with Gasteiger partial charge in [0.2, 0.25) is 0 Å². The van der Waals surface area contributed by atoms with Crippen LogP contribution >= 0.6 is 0 Å². The van der Waals surface area contributed by atoms with Crippen LogP contribution in [0.1, 0.15) is 0 Å². The summed E-state index contributed by atoms with van der Waals surface area (Å²) in [5, 5.41) is 66.2. The fourth-order valence-corrected chi connectivity index (χ4v) is 2.47. The van der Waals surface area contributed by atoms with E-state index in [2.05, 4.69) is 0 Å². The van der Waals surface area contributed by atoms with Crippen molar-refractivity contribution in [3.05, 3.63) is 0 Å². The summed E-state index contributed by atoms with van der Waals surface area (Å²) in [7, 11) is 0. The molecule has 10 nitrogen and oxygen atoms in total. The van der Waals surface area contributed by atoms with Crippen LogP contribution in [0.3, 0.4) is 0 Å². The summed E-state index contributed by atoms with van der Waals surface area (Å²) in [5.74, 6) is 0. The van der Waals surface area contributed by atoms with Gasteiger partial charge in [-0.05, 0) is 0 Å². The lowest BCUT2D eigenvalue weighted by atomic mass is 9.98. The van der Waals surface area contributed by atoms with Gasteiger partial charge in [0.1, 0.15) is 42.7 Å². The molecule has 0 bridgehead atoms. The Hall–Kier alpha value is -0.470. The average molecular weight is 344 g/mol. The molecule has 0 aromatic heterocycles. The van der Waals surface area contributed by atoms with Crippen molar-refractivity contribution in [2.45, 2.75) is 61.5 Å². The molecule has 2 fully saturated rings. The smallest absolute Gasteiger partial charge is 0.195 e. The number of aliphatic hydroxyl groups excluding tert-OH is 7. The van der Waals surface area contributed by atoms with Crippen molar-refractivity contribution in [1.82, 2.24) is 0 Å². The molecule has 0 spiro atoms. The molecule has 0 aromatic rings. The number of rotatable bonds is 4. The summed E-state index contributed by atoms with van der Waals surface area (Å²) in [4.78, 5) is 0. The highest BCUT2D eigenvalue weighted by Gasteiger charge is 2.50. The van der Waals surface area contributed by atoms with Gasteiger partial charge in [0.05, 0.1) is 13.2 Å². The van der Waals surface area contributed by atoms with Crippen molar-refractivity contribution in [3.8, 4) is 0 Å². The fourth-order valence-electron chi connectivity index (χ4n) is 2.47. The van der Waals surface area contributed by atoms with Crippen LogP contribution in [0.25, 0.3) is 0 Å². The molecule has 11 heteroatoms. The first kappa shape index (κ1) is 18.9. The molecular formula is C12H21FO10. The number of hydrogen-bond acceptors (Lipinski definition) is 10. The lowest BCUT2D eigenvalue weighted by Gasteiger charge is -2.43. The van der Waals surface area contributed by atoms with E-state index in [0.717, 1.165) is 0 Å². The standard InChI is InChI=1S/C12H21FO10/c13-5-8(18)6(16)3(1-14)21-11(5)23-12-10(20)9(19)7(17)4(2-15)22-12/h3-12,14-20H,1-2H2/t3?,4-,5?,6-,7-,8-,9?,10?,11-,12-/m1/s1. The van der Waals surface area contributed by atoms with E-state index >= 15 is 0 Å². The van der Waals surface area contributed by atoms with Crippen LogP contribution in [0.5, 0.6) is 0 Å². The molecular weight excluding hydrogens is 323 g/mol. The molecule has 0 radical (unpaired) electrons. The van der Waals surface area contributed by atoms with Crippen molar-refractivity contribution >= 4 is 0 Å². The first-order valence-electron chi connectivity index (χ1n) is 7.04. The van der Waals surface area contributed by atoms with Crippen LogP contribution in [0.2, 0.25) is 0 Å². The second kappa shape index (κ2) is 7.61. The second-order valence-electron chi connectivity index (χ2n) is 5.48. The Balaban J connectivity index is 2.07. The first-order chi connectivity index (χ1) is 10.8. The van der Waals surface area contributed by atoms with E-state index in [4.69, 9.17) is 24.4 Å². The van der Waals surface area contributed by atoms with Gasteiger partial charge in [0, 0.05) is 0 Å². The largest absolute Gasteiger partial charge is 0.394 e. The highest BCUT2D eigenvalue weighted by Crippen LogP contribution is 2.29. The maximum absolute atomic E-state index is 14.0. The third-order valence-electron chi connectivity index (χ3n) is 3.92. The Kier molecular flexibility index (Phi) is 6.24. The Labute approximate surface area is 130 Å². The van der Waals surface area contributed by atoms with E-state index < -0.39 is 74.7 Å². The van der Waals surface area contributed by atoms with Gasteiger partial charge in [-0.25, -0.2) is 4.39 Å². The predicted octanol–water partition coefficient (Wildman–Crippen LogP) is -4.42. The molecule has 0 amide bonds. The van der Waals surface area contributed by atoms with E-state index in [9.17, 15) is 29.9 Å². The van der Waals surface area contributed by atoms with Crippen LogP contribution < -0.4 is 0 Å². The van der Waals surface area contributed by atoms with Gasteiger partial charge in [-0.1, -0.05) is 0 Å². The van der Waals surface area contributed by atoms with E-state index in [-0.39, 0.29) is 0 Å². The van der Waals surface area contributed by atoms with Gasteiger partial charge in [0.25, 0.3) is 0 Å². The van der Waals surface area contributed by atoms with Gasteiger partial charge < -0.3 is 50.0 Å². The molecule has 0 aromatic carbocycles. The van der Waals surface area contributed by atoms with Crippen molar-refractivity contribution < 1.29 is 54.3 Å². The molecule has 136 valence electrons. The third-order valence-corrected chi connectivity index (χ3v) is 3.92. The summed E-state index contributed by atoms with van der Waals surface area (Å²) in [6, 6.07) is 0. The number of aliphatic hydroxyl groups is 7. The van der Waals surface area contributed by atoms with E-state index in [1.165, 1.54) is 0 Å². The van der Waals surface area contributed by atoms with Crippen LogP contribution in [0, 0.1) is 0 Å². The molecule has 0 aliphatic carbocycles. The van der Waals surface area contributed by atoms with Gasteiger partial charge in [-0.3, -0.25) is 0 Å². The van der Waals surface area contributed by atoms with E-state index in [1.54, 1.807) is 0 Å². The Morgan fingerprint density at radius 2 is 1.17 bits per heavy atom. The Morgan fingerprint density at radius 3 is 1.70 bits per heavy atom. The van der Waals surface area contributed by atoms with Crippen LogP contribution in [0.15, 0.2) is 0 Å². The molecule has 2 saturated heterocycles. The summed E-state index contributed by atoms with van der Waals surface area (Å²) >= 11 is 0. The summed E-state index contributed by atoms with van der Waals surface area (Å²) in [6.07, 6.45) is -17.0. The van der Waals surface area contributed by atoms with E-state index in [0.29, 0.717) is 0 Å². The number of halogens is 1. The molecule has 2 rings (SSSR count).